The summed E-state index contributed by atoms with van der Waals surface area (Å²) >= 11 is 0. The molecule has 0 bridgehead atoms. The molecule has 2 aromatic rings. The number of nitrogens with zero attached hydrogens (tertiary/aromatic N) is 4. The highest BCUT2D eigenvalue weighted by molar-refractivity contribution is 6.01. The molecule has 4 rings (SSSR count). The second kappa shape index (κ2) is 5.53. The molecule has 1 saturated heterocycles. The van der Waals surface area contributed by atoms with Crippen molar-refractivity contribution in [2.75, 3.05) is 18.5 Å². The Hall–Kier alpha value is -2.22. The van der Waals surface area contributed by atoms with Crippen molar-refractivity contribution in [3.63, 3.8) is 0 Å². The van der Waals surface area contributed by atoms with Crippen molar-refractivity contribution >= 4 is 11.9 Å². The summed E-state index contributed by atoms with van der Waals surface area (Å²) in [5, 5.41) is 14.7. The van der Waals surface area contributed by atoms with Crippen LogP contribution in [0.25, 0.3) is 0 Å². The van der Waals surface area contributed by atoms with E-state index in [4.69, 9.17) is 9.15 Å². The van der Waals surface area contributed by atoms with Crippen molar-refractivity contribution in [1.29, 1.82) is 0 Å². The number of amides is 1. The smallest absolute Gasteiger partial charge is 0.322 e. The minimum absolute atomic E-state index is 0.132. The van der Waals surface area contributed by atoms with E-state index in [1.54, 1.807) is 6.07 Å². The first kappa shape index (κ1) is 13.4. The molecule has 1 N–H and O–H groups in total. The van der Waals surface area contributed by atoms with E-state index in [0.29, 0.717) is 23.5 Å². The van der Waals surface area contributed by atoms with Crippen molar-refractivity contribution in [3.8, 4) is 0 Å². The highest BCUT2D eigenvalue weighted by atomic mass is 16.5. The van der Waals surface area contributed by atoms with Crippen LogP contribution in [0.1, 0.15) is 54.0 Å². The summed E-state index contributed by atoms with van der Waals surface area (Å²) in [4.78, 5) is 12.2. The van der Waals surface area contributed by atoms with E-state index in [1.807, 2.05) is 10.9 Å². The van der Waals surface area contributed by atoms with Crippen LogP contribution in [0.2, 0.25) is 0 Å². The van der Waals surface area contributed by atoms with Crippen molar-refractivity contribution in [2.45, 2.75) is 37.6 Å². The van der Waals surface area contributed by atoms with Gasteiger partial charge in [0.2, 0.25) is 5.89 Å². The summed E-state index contributed by atoms with van der Waals surface area (Å²) in [5.74, 6) is 0.630. The molecule has 1 saturated carbocycles. The number of nitrogens with one attached hydrogen (secondary N) is 1. The van der Waals surface area contributed by atoms with Crippen LogP contribution in [-0.4, -0.2) is 39.1 Å². The molecule has 0 atom stereocenters. The first-order valence-electron chi connectivity index (χ1n) is 7.57. The largest absolute Gasteiger partial charge is 0.408 e. The molecule has 2 fully saturated rings. The minimum Gasteiger partial charge on any atom is -0.408 e. The molecule has 2 aliphatic rings. The maximum atomic E-state index is 12.2. The van der Waals surface area contributed by atoms with Crippen molar-refractivity contribution in [1.82, 2.24) is 20.0 Å². The van der Waals surface area contributed by atoms with Gasteiger partial charge in [-0.15, -0.1) is 5.10 Å². The van der Waals surface area contributed by atoms with E-state index in [2.05, 4.69) is 20.6 Å². The van der Waals surface area contributed by atoms with Gasteiger partial charge in [-0.1, -0.05) is 5.10 Å². The Bertz CT molecular complexity index is 670. The number of carbonyl (C=O) groups is 1. The van der Waals surface area contributed by atoms with Gasteiger partial charge in [0, 0.05) is 25.3 Å². The molecule has 0 aromatic carbocycles. The Balaban J connectivity index is 1.42. The molecule has 8 heteroatoms. The fourth-order valence-corrected chi connectivity index (χ4v) is 2.55. The second-order valence-corrected chi connectivity index (χ2v) is 5.70. The van der Waals surface area contributed by atoms with Crippen LogP contribution in [0, 0.1) is 0 Å². The van der Waals surface area contributed by atoms with E-state index in [9.17, 15) is 4.79 Å². The lowest BCUT2D eigenvalue weighted by Gasteiger charge is -2.22. The molecule has 0 spiro atoms. The van der Waals surface area contributed by atoms with Crippen molar-refractivity contribution in [2.24, 2.45) is 0 Å². The summed E-state index contributed by atoms with van der Waals surface area (Å²) in [6.45, 7) is 1.47. The summed E-state index contributed by atoms with van der Waals surface area (Å²) in [7, 11) is 0. The van der Waals surface area contributed by atoms with Gasteiger partial charge in [-0.25, -0.2) is 0 Å². The normalized spacial score (nSPS) is 19.3. The molecule has 2 aromatic heterocycles. The molecular weight excluding hydrogens is 286 g/mol. The topological polar surface area (TPSA) is 95.1 Å². The highest BCUT2D eigenvalue weighted by Crippen LogP contribution is 2.39. The van der Waals surface area contributed by atoms with E-state index in [0.717, 1.165) is 38.9 Å². The van der Waals surface area contributed by atoms with Gasteiger partial charge < -0.3 is 9.15 Å². The van der Waals surface area contributed by atoms with Crippen LogP contribution >= 0.6 is 0 Å². The third kappa shape index (κ3) is 2.74. The molecule has 22 heavy (non-hydrogen) atoms. The summed E-state index contributed by atoms with van der Waals surface area (Å²) in [5.41, 5.74) is 0.345. The van der Waals surface area contributed by atoms with Crippen LogP contribution in [0.5, 0.6) is 0 Å². The van der Waals surface area contributed by atoms with E-state index >= 15 is 0 Å². The maximum absolute atomic E-state index is 12.2. The van der Waals surface area contributed by atoms with Gasteiger partial charge in [0.05, 0.1) is 6.04 Å². The fraction of sp³-hybridized carbons (Fsp3) is 0.571. The number of carbonyl (C=O) groups excluding carboxylic acids is 1. The van der Waals surface area contributed by atoms with Crippen molar-refractivity contribution in [3.05, 3.63) is 23.8 Å². The molecule has 1 amide bonds. The lowest BCUT2D eigenvalue weighted by molar-refractivity contribution is 0.0661. The number of hydrogen-bond donors (Lipinski definition) is 1. The lowest BCUT2D eigenvalue weighted by Crippen LogP contribution is -2.21. The van der Waals surface area contributed by atoms with Gasteiger partial charge in [0.1, 0.15) is 0 Å². The Morgan fingerprint density at radius 1 is 1.23 bits per heavy atom. The standard InChI is InChI=1S/C14H17N5O3/c20-12(15-14-17-16-13(22-14)9-1-2-9)11-3-6-19(18-11)10-4-7-21-8-5-10/h3,6,9-10H,1-2,4-5,7-8H2,(H,15,17,20). The molecular formula is C14H17N5O3. The Morgan fingerprint density at radius 3 is 2.82 bits per heavy atom. The monoisotopic (exact) mass is 303 g/mol. The maximum Gasteiger partial charge on any atom is 0.322 e. The number of rotatable bonds is 4. The first-order valence-corrected chi connectivity index (χ1v) is 7.57. The molecule has 8 nitrogen and oxygen atoms in total. The Labute approximate surface area is 126 Å². The first-order chi connectivity index (χ1) is 10.8. The van der Waals surface area contributed by atoms with Crippen LogP contribution in [0.3, 0.4) is 0 Å². The summed E-state index contributed by atoms with van der Waals surface area (Å²) in [6, 6.07) is 2.12. The van der Waals surface area contributed by atoms with Gasteiger partial charge in [-0.2, -0.15) is 5.10 Å². The van der Waals surface area contributed by atoms with Gasteiger partial charge in [-0.05, 0) is 31.7 Å². The van der Waals surface area contributed by atoms with Crippen LogP contribution < -0.4 is 5.32 Å². The number of hydrogen-bond acceptors (Lipinski definition) is 6. The predicted octanol–water partition coefficient (Wildman–Crippen LogP) is 1.75. The van der Waals surface area contributed by atoms with Crippen LogP contribution in [0.4, 0.5) is 6.01 Å². The highest BCUT2D eigenvalue weighted by Gasteiger charge is 2.29. The molecule has 1 aliphatic heterocycles. The molecule has 0 unspecified atom stereocenters. The van der Waals surface area contributed by atoms with E-state index in [-0.39, 0.29) is 11.9 Å². The zero-order valence-electron chi connectivity index (χ0n) is 12.1. The molecule has 3 heterocycles. The zero-order chi connectivity index (χ0) is 14.9. The number of ether oxygens (including phenoxy) is 1. The Kier molecular flexibility index (Phi) is 3.38. The number of aromatic nitrogens is 4. The van der Waals surface area contributed by atoms with Gasteiger partial charge in [0.25, 0.3) is 5.91 Å². The molecule has 1 aliphatic carbocycles. The third-order valence-electron chi connectivity index (χ3n) is 3.99. The van der Waals surface area contributed by atoms with E-state index < -0.39 is 0 Å². The fourth-order valence-electron chi connectivity index (χ4n) is 2.55. The van der Waals surface area contributed by atoms with Crippen LogP contribution in [-0.2, 0) is 4.74 Å². The number of anilines is 1. The van der Waals surface area contributed by atoms with Crippen LogP contribution in [0.15, 0.2) is 16.7 Å². The summed E-state index contributed by atoms with van der Waals surface area (Å²) in [6.07, 6.45) is 5.80. The van der Waals surface area contributed by atoms with Gasteiger partial charge in [-0.3, -0.25) is 14.8 Å². The summed E-state index contributed by atoms with van der Waals surface area (Å²) < 4.78 is 12.6. The molecule has 116 valence electrons. The van der Waals surface area contributed by atoms with Crippen molar-refractivity contribution < 1.29 is 13.9 Å². The Morgan fingerprint density at radius 2 is 2.05 bits per heavy atom. The quantitative estimate of drug-likeness (QED) is 0.924. The third-order valence-corrected chi connectivity index (χ3v) is 3.99. The average Bonchev–Trinajstić information content (AvgIpc) is 3.10. The van der Waals surface area contributed by atoms with E-state index in [1.165, 1.54) is 0 Å². The van der Waals surface area contributed by atoms with Gasteiger partial charge in [0.15, 0.2) is 5.69 Å². The average molecular weight is 303 g/mol. The molecule has 0 radical (unpaired) electrons. The lowest BCUT2D eigenvalue weighted by atomic mass is 10.1. The van der Waals surface area contributed by atoms with Gasteiger partial charge >= 0.3 is 6.01 Å². The SMILES string of the molecule is O=C(Nc1nnc(C2CC2)o1)c1ccn(C2CCOCC2)n1. The zero-order valence-corrected chi connectivity index (χ0v) is 12.1. The minimum atomic E-state index is -0.336. The predicted molar refractivity (Wildman–Crippen MR) is 75.5 cm³/mol. The second-order valence-electron chi connectivity index (χ2n) is 5.70.